The van der Waals surface area contributed by atoms with Crippen molar-refractivity contribution in [2.45, 2.75) is 44.6 Å². The Morgan fingerprint density at radius 3 is 2.95 bits per heavy atom. The predicted octanol–water partition coefficient (Wildman–Crippen LogP) is 3.16. The molecule has 1 aromatic carbocycles. The van der Waals surface area contributed by atoms with Gasteiger partial charge in [0.05, 0.1) is 16.9 Å². The molecule has 2 fully saturated rings. The number of carbonyl (C=O) groups is 1. The fraction of sp³-hybridized carbons (Fsp3) is 0.588. The van der Waals surface area contributed by atoms with Crippen molar-refractivity contribution in [3.8, 4) is 0 Å². The normalized spacial score (nSPS) is 29.1. The van der Waals surface area contributed by atoms with Crippen LogP contribution < -0.4 is 4.90 Å². The Kier molecular flexibility index (Phi) is 3.74. The third-order valence-corrected chi connectivity index (χ3v) is 5.11. The van der Waals surface area contributed by atoms with Crippen molar-refractivity contribution >= 4 is 11.5 Å². The number of rotatable bonds is 2. The van der Waals surface area contributed by atoms with Crippen LogP contribution in [0.5, 0.6) is 0 Å². The number of hydrogen-bond donors (Lipinski definition) is 1. The van der Waals surface area contributed by atoms with Gasteiger partial charge in [0.1, 0.15) is 5.82 Å². The van der Waals surface area contributed by atoms with Crippen molar-refractivity contribution in [3.63, 3.8) is 0 Å². The minimum absolute atomic E-state index is 0.179. The third kappa shape index (κ3) is 2.57. The second kappa shape index (κ2) is 5.41. The number of carbonyl (C=O) groups excluding carboxylic acids is 1. The van der Waals surface area contributed by atoms with Gasteiger partial charge in [0.25, 0.3) is 0 Å². The van der Waals surface area contributed by atoms with Crippen molar-refractivity contribution in [3.05, 3.63) is 29.6 Å². The molecule has 0 radical (unpaired) electrons. The van der Waals surface area contributed by atoms with Gasteiger partial charge in [-0.25, -0.2) is 4.39 Å². The van der Waals surface area contributed by atoms with Gasteiger partial charge in [-0.1, -0.05) is 18.9 Å². The number of Topliss-reactive ketones (excluding diaryl/α,β-unsaturated/α-hetero) is 1. The molecule has 1 saturated carbocycles. The van der Waals surface area contributed by atoms with Crippen LogP contribution in [0.4, 0.5) is 10.1 Å². The van der Waals surface area contributed by atoms with Crippen LogP contribution in [0.15, 0.2) is 18.2 Å². The highest BCUT2D eigenvalue weighted by atomic mass is 19.1. The maximum atomic E-state index is 14.0. The second-order valence-electron chi connectivity index (χ2n) is 6.43. The van der Waals surface area contributed by atoms with E-state index < -0.39 is 11.4 Å². The highest BCUT2D eigenvalue weighted by Gasteiger charge is 2.43. The molecule has 1 aliphatic carbocycles. The lowest BCUT2D eigenvalue weighted by atomic mass is 9.71. The Labute approximate surface area is 124 Å². The molecule has 4 heteroatoms. The number of benzene rings is 1. The molecule has 2 aliphatic rings. The summed E-state index contributed by atoms with van der Waals surface area (Å²) in [5.74, 6) is -0.472. The lowest BCUT2D eigenvalue weighted by Crippen LogP contribution is -2.53. The van der Waals surface area contributed by atoms with Gasteiger partial charge in [0.15, 0.2) is 5.78 Å². The van der Waals surface area contributed by atoms with Gasteiger partial charge >= 0.3 is 0 Å². The summed E-state index contributed by atoms with van der Waals surface area (Å²) in [7, 11) is 0. The monoisotopic (exact) mass is 291 g/mol. The molecule has 1 aliphatic heterocycles. The number of aliphatic hydroxyl groups is 1. The lowest BCUT2D eigenvalue weighted by Gasteiger charge is -2.48. The number of anilines is 1. The van der Waals surface area contributed by atoms with Crippen LogP contribution >= 0.6 is 0 Å². The molecule has 114 valence electrons. The second-order valence-corrected chi connectivity index (χ2v) is 6.43. The zero-order chi connectivity index (χ0) is 15.0. The summed E-state index contributed by atoms with van der Waals surface area (Å²) in [5, 5.41) is 10.7. The van der Waals surface area contributed by atoms with E-state index in [0.29, 0.717) is 25.2 Å². The van der Waals surface area contributed by atoms with Crippen molar-refractivity contribution in [1.82, 2.24) is 0 Å². The van der Waals surface area contributed by atoms with Crippen molar-refractivity contribution in [2.24, 2.45) is 5.92 Å². The first kappa shape index (κ1) is 14.5. The third-order valence-electron chi connectivity index (χ3n) is 5.11. The van der Waals surface area contributed by atoms with E-state index in [1.165, 1.54) is 13.0 Å². The largest absolute Gasteiger partial charge is 0.389 e. The standard InChI is InChI=1S/C17H22FNO2/c1-12(20)16-14(18)6-4-7-15(16)19-10-9-17(21)8-3-2-5-13(17)11-19/h4,6-7,13,21H,2-3,5,8-11H2,1H3. The first-order valence-corrected chi connectivity index (χ1v) is 7.78. The van der Waals surface area contributed by atoms with Gasteiger partial charge < -0.3 is 10.0 Å². The molecule has 1 aromatic rings. The van der Waals surface area contributed by atoms with Gasteiger partial charge in [-0.15, -0.1) is 0 Å². The van der Waals surface area contributed by atoms with E-state index in [2.05, 4.69) is 4.90 Å². The molecule has 0 spiro atoms. The molecule has 1 N–H and O–H groups in total. The number of nitrogens with zero attached hydrogens (tertiary/aromatic N) is 1. The van der Waals surface area contributed by atoms with E-state index >= 15 is 0 Å². The molecule has 1 saturated heterocycles. The first-order chi connectivity index (χ1) is 10.0. The number of fused-ring (bicyclic) bond motifs is 1. The predicted molar refractivity (Wildman–Crippen MR) is 80.1 cm³/mol. The summed E-state index contributed by atoms with van der Waals surface area (Å²) in [5.41, 5.74) is 0.298. The number of ketones is 1. The van der Waals surface area contributed by atoms with Gasteiger partial charge in [0.2, 0.25) is 0 Å². The zero-order valence-electron chi connectivity index (χ0n) is 12.4. The Hall–Kier alpha value is -1.42. The molecule has 2 atom stereocenters. The molecule has 0 bridgehead atoms. The smallest absolute Gasteiger partial charge is 0.164 e. The Balaban J connectivity index is 1.89. The molecule has 1 heterocycles. The summed E-state index contributed by atoms with van der Waals surface area (Å²) < 4.78 is 14.0. The average Bonchev–Trinajstić information content (AvgIpc) is 2.45. The van der Waals surface area contributed by atoms with Crippen LogP contribution in [0.25, 0.3) is 0 Å². The van der Waals surface area contributed by atoms with Gasteiger partial charge in [-0.3, -0.25) is 4.79 Å². The van der Waals surface area contributed by atoms with Crippen LogP contribution in [0, 0.1) is 11.7 Å². The summed E-state index contributed by atoms with van der Waals surface area (Å²) in [4.78, 5) is 13.8. The van der Waals surface area contributed by atoms with Gasteiger partial charge in [-0.2, -0.15) is 0 Å². The molecular weight excluding hydrogens is 269 g/mol. The Morgan fingerprint density at radius 1 is 1.38 bits per heavy atom. The summed E-state index contributed by atoms with van der Waals surface area (Å²) in [6, 6.07) is 4.80. The fourth-order valence-electron chi connectivity index (χ4n) is 3.91. The van der Waals surface area contributed by atoms with Gasteiger partial charge in [-0.05, 0) is 38.3 Å². The summed E-state index contributed by atoms with van der Waals surface area (Å²) in [6.45, 7) is 2.79. The van der Waals surface area contributed by atoms with Crippen LogP contribution in [0.1, 0.15) is 49.4 Å². The van der Waals surface area contributed by atoms with E-state index in [9.17, 15) is 14.3 Å². The number of halogens is 1. The minimum Gasteiger partial charge on any atom is -0.389 e. The highest BCUT2D eigenvalue weighted by Crippen LogP contribution is 2.41. The van der Waals surface area contributed by atoms with Crippen molar-refractivity contribution < 1.29 is 14.3 Å². The molecular formula is C17H22FNO2. The molecule has 3 rings (SSSR count). The van der Waals surface area contributed by atoms with Crippen LogP contribution in [-0.4, -0.2) is 29.6 Å². The summed E-state index contributed by atoms with van der Waals surface area (Å²) >= 11 is 0. The van der Waals surface area contributed by atoms with E-state index in [4.69, 9.17) is 0 Å². The molecule has 21 heavy (non-hydrogen) atoms. The highest BCUT2D eigenvalue weighted by molar-refractivity contribution is 6.00. The van der Waals surface area contributed by atoms with Crippen LogP contribution in [0.3, 0.4) is 0 Å². The topological polar surface area (TPSA) is 40.5 Å². The maximum absolute atomic E-state index is 14.0. The number of piperidine rings is 1. The zero-order valence-corrected chi connectivity index (χ0v) is 12.4. The number of hydrogen-bond acceptors (Lipinski definition) is 3. The molecule has 0 amide bonds. The Bertz CT molecular complexity index is 560. The molecule has 3 nitrogen and oxygen atoms in total. The first-order valence-electron chi connectivity index (χ1n) is 7.78. The fourth-order valence-corrected chi connectivity index (χ4v) is 3.91. The van der Waals surface area contributed by atoms with Crippen LogP contribution in [-0.2, 0) is 0 Å². The average molecular weight is 291 g/mol. The summed E-state index contributed by atoms with van der Waals surface area (Å²) in [6.07, 6.45) is 4.81. The maximum Gasteiger partial charge on any atom is 0.164 e. The molecule has 2 unspecified atom stereocenters. The van der Waals surface area contributed by atoms with E-state index in [1.807, 2.05) is 6.07 Å². The van der Waals surface area contributed by atoms with E-state index in [0.717, 1.165) is 25.7 Å². The SMILES string of the molecule is CC(=O)c1c(F)cccc1N1CCC2(O)CCCCC2C1. The van der Waals surface area contributed by atoms with Crippen molar-refractivity contribution in [2.75, 3.05) is 18.0 Å². The van der Waals surface area contributed by atoms with Gasteiger partial charge in [0, 0.05) is 19.0 Å². The minimum atomic E-state index is -0.557. The van der Waals surface area contributed by atoms with E-state index in [1.54, 1.807) is 6.07 Å². The van der Waals surface area contributed by atoms with Crippen LogP contribution in [0.2, 0.25) is 0 Å². The Morgan fingerprint density at radius 2 is 2.19 bits per heavy atom. The quantitative estimate of drug-likeness (QED) is 0.851. The van der Waals surface area contributed by atoms with Crippen molar-refractivity contribution in [1.29, 1.82) is 0 Å². The molecule has 0 aromatic heterocycles. The van der Waals surface area contributed by atoms with E-state index in [-0.39, 0.29) is 17.3 Å². The lowest BCUT2D eigenvalue weighted by molar-refractivity contribution is -0.0612.